The Morgan fingerprint density at radius 1 is 1.65 bits per heavy atom. The van der Waals surface area contributed by atoms with E-state index in [1.165, 1.54) is 0 Å². The highest BCUT2D eigenvalue weighted by molar-refractivity contribution is 5.83. The molecule has 0 aliphatic heterocycles. The van der Waals surface area contributed by atoms with E-state index in [1.807, 2.05) is 20.3 Å². The third kappa shape index (κ3) is 2.20. The van der Waals surface area contributed by atoms with Crippen molar-refractivity contribution in [1.82, 2.24) is 14.7 Å². The van der Waals surface area contributed by atoms with Crippen LogP contribution in [0.4, 0.5) is 0 Å². The van der Waals surface area contributed by atoms with E-state index in [4.69, 9.17) is 5.73 Å². The number of amides is 1. The van der Waals surface area contributed by atoms with Crippen LogP contribution in [0.5, 0.6) is 0 Å². The molecule has 0 atom stereocenters. The minimum atomic E-state index is -0.281. The van der Waals surface area contributed by atoms with Crippen molar-refractivity contribution in [1.29, 1.82) is 0 Å². The fourth-order valence-electron chi connectivity index (χ4n) is 2.41. The first-order valence-electron chi connectivity index (χ1n) is 6.00. The minimum Gasteiger partial charge on any atom is -0.341 e. The molecule has 1 aliphatic carbocycles. The normalized spacial score (nSPS) is 17.6. The van der Waals surface area contributed by atoms with Gasteiger partial charge in [0.1, 0.15) is 0 Å². The van der Waals surface area contributed by atoms with Crippen molar-refractivity contribution in [2.45, 2.75) is 25.8 Å². The molecule has 1 aromatic heterocycles. The van der Waals surface area contributed by atoms with Gasteiger partial charge in [-0.25, -0.2) is 0 Å². The van der Waals surface area contributed by atoms with Gasteiger partial charge in [-0.05, 0) is 12.8 Å². The predicted octanol–water partition coefficient (Wildman–Crippen LogP) is 0.508. The molecule has 1 aromatic rings. The standard InChI is InChI=1S/C12H20N4O/c1-15(7-10-6-14-16(2)8-10)11(17)12(9-13)4-3-5-12/h6,8H,3-5,7,9,13H2,1-2H3. The van der Waals surface area contributed by atoms with E-state index < -0.39 is 0 Å². The Morgan fingerprint density at radius 2 is 2.35 bits per heavy atom. The lowest BCUT2D eigenvalue weighted by Gasteiger charge is -2.41. The lowest BCUT2D eigenvalue weighted by molar-refractivity contribution is -0.145. The number of aryl methyl sites for hydroxylation is 1. The van der Waals surface area contributed by atoms with Gasteiger partial charge in [0.25, 0.3) is 0 Å². The summed E-state index contributed by atoms with van der Waals surface area (Å²) in [6.45, 7) is 1.07. The summed E-state index contributed by atoms with van der Waals surface area (Å²) < 4.78 is 1.75. The highest BCUT2D eigenvalue weighted by Crippen LogP contribution is 2.41. The molecule has 2 N–H and O–H groups in total. The van der Waals surface area contributed by atoms with E-state index in [9.17, 15) is 4.79 Å². The second-order valence-electron chi connectivity index (χ2n) is 5.02. The molecule has 94 valence electrons. The molecular formula is C12H20N4O. The van der Waals surface area contributed by atoms with Gasteiger partial charge < -0.3 is 10.6 Å². The first kappa shape index (κ1) is 12.1. The van der Waals surface area contributed by atoms with E-state index in [-0.39, 0.29) is 11.3 Å². The van der Waals surface area contributed by atoms with Crippen LogP contribution < -0.4 is 5.73 Å². The molecule has 5 nitrogen and oxygen atoms in total. The van der Waals surface area contributed by atoms with E-state index in [0.717, 1.165) is 24.8 Å². The number of hydrogen-bond donors (Lipinski definition) is 1. The third-order valence-corrected chi connectivity index (χ3v) is 3.68. The SMILES string of the molecule is CN(Cc1cnn(C)c1)C(=O)C1(CN)CCC1. The van der Waals surface area contributed by atoms with Gasteiger partial charge in [0, 0.05) is 38.9 Å². The zero-order valence-corrected chi connectivity index (χ0v) is 10.5. The van der Waals surface area contributed by atoms with Crippen molar-refractivity contribution in [3.63, 3.8) is 0 Å². The largest absolute Gasteiger partial charge is 0.341 e. The number of nitrogens with zero attached hydrogens (tertiary/aromatic N) is 3. The van der Waals surface area contributed by atoms with Crippen LogP contribution in [0.3, 0.4) is 0 Å². The summed E-state index contributed by atoms with van der Waals surface area (Å²) in [6, 6.07) is 0. The van der Waals surface area contributed by atoms with Gasteiger partial charge in [0.15, 0.2) is 0 Å². The average Bonchev–Trinajstić information content (AvgIpc) is 2.63. The molecule has 0 aromatic carbocycles. The predicted molar refractivity (Wildman–Crippen MR) is 65.0 cm³/mol. The maximum Gasteiger partial charge on any atom is 0.230 e. The summed E-state index contributed by atoms with van der Waals surface area (Å²) in [7, 11) is 3.71. The van der Waals surface area contributed by atoms with Crippen molar-refractivity contribution < 1.29 is 4.79 Å². The Hall–Kier alpha value is -1.36. The molecule has 0 saturated heterocycles. The van der Waals surface area contributed by atoms with Crippen LogP contribution >= 0.6 is 0 Å². The van der Waals surface area contributed by atoms with Gasteiger partial charge in [-0.15, -0.1) is 0 Å². The number of rotatable bonds is 4. The summed E-state index contributed by atoms with van der Waals surface area (Å²) in [5, 5.41) is 4.10. The highest BCUT2D eigenvalue weighted by Gasteiger charge is 2.44. The quantitative estimate of drug-likeness (QED) is 0.828. The van der Waals surface area contributed by atoms with Crippen molar-refractivity contribution in [2.24, 2.45) is 18.2 Å². The second-order valence-corrected chi connectivity index (χ2v) is 5.02. The van der Waals surface area contributed by atoms with E-state index in [2.05, 4.69) is 5.10 Å². The van der Waals surface area contributed by atoms with Crippen LogP contribution in [0, 0.1) is 5.41 Å². The number of nitrogens with two attached hydrogens (primary N) is 1. The molecular weight excluding hydrogens is 216 g/mol. The second kappa shape index (κ2) is 4.49. The Morgan fingerprint density at radius 3 is 2.76 bits per heavy atom. The lowest BCUT2D eigenvalue weighted by atomic mass is 9.68. The van der Waals surface area contributed by atoms with Gasteiger partial charge in [0.05, 0.1) is 11.6 Å². The van der Waals surface area contributed by atoms with Crippen LogP contribution in [0.1, 0.15) is 24.8 Å². The summed E-state index contributed by atoms with van der Waals surface area (Å²) in [5.41, 5.74) is 6.51. The molecule has 2 rings (SSSR count). The molecule has 0 bridgehead atoms. The maximum absolute atomic E-state index is 12.3. The van der Waals surface area contributed by atoms with E-state index in [1.54, 1.807) is 15.8 Å². The summed E-state index contributed by atoms with van der Waals surface area (Å²) in [5.74, 6) is 0.176. The van der Waals surface area contributed by atoms with Crippen molar-refractivity contribution >= 4 is 5.91 Å². The number of carbonyl (C=O) groups is 1. The number of carbonyl (C=O) groups excluding carboxylic acids is 1. The van der Waals surface area contributed by atoms with Gasteiger partial charge in [-0.1, -0.05) is 6.42 Å². The Kier molecular flexibility index (Phi) is 3.19. The zero-order valence-electron chi connectivity index (χ0n) is 10.5. The number of hydrogen-bond acceptors (Lipinski definition) is 3. The Labute approximate surface area is 102 Å². The van der Waals surface area contributed by atoms with Crippen LogP contribution in [0.2, 0.25) is 0 Å². The van der Waals surface area contributed by atoms with Crippen LogP contribution in [-0.2, 0) is 18.4 Å². The smallest absolute Gasteiger partial charge is 0.230 e. The van der Waals surface area contributed by atoms with Gasteiger partial charge in [-0.3, -0.25) is 9.48 Å². The van der Waals surface area contributed by atoms with Crippen LogP contribution in [0.15, 0.2) is 12.4 Å². The average molecular weight is 236 g/mol. The first-order chi connectivity index (χ1) is 8.07. The first-order valence-corrected chi connectivity index (χ1v) is 6.00. The fraction of sp³-hybridized carbons (Fsp3) is 0.667. The molecule has 17 heavy (non-hydrogen) atoms. The minimum absolute atomic E-state index is 0.176. The molecule has 1 heterocycles. The summed E-state index contributed by atoms with van der Waals surface area (Å²) in [4.78, 5) is 14.1. The monoisotopic (exact) mass is 236 g/mol. The molecule has 1 fully saturated rings. The third-order valence-electron chi connectivity index (χ3n) is 3.68. The van der Waals surface area contributed by atoms with Crippen LogP contribution in [-0.4, -0.2) is 34.2 Å². The number of aromatic nitrogens is 2. The summed E-state index contributed by atoms with van der Waals surface area (Å²) in [6.07, 6.45) is 6.70. The Bertz CT molecular complexity index is 403. The van der Waals surface area contributed by atoms with E-state index >= 15 is 0 Å². The van der Waals surface area contributed by atoms with Gasteiger partial charge >= 0.3 is 0 Å². The zero-order chi connectivity index (χ0) is 12.5. The van der Waals surface area contributed by atoms with Crippen molar-refractivity contribution in [3.05, 3.63) is 18.0 Å². The summed E-state index contributed by atoms with van der Waals surface area (Å²) >= 11 is 0. The molecule has 1 saturated carbocycles. The molecule has 1 aliphatic rings. The Balaban J connectivity index is 2.00. The molecule has 1 amide bonds. The van der Waals surface area contributed by atoms with Crippen LogP contribution in [0.25, 0.3) is 0 Å². The molecule has 5 heteroatoms. The van der Waals surface area contributed by atoms with Crippen molar-refractivity contribution in [3.8, 4) is 0 Å². The fourth-order valence-corrected chi connectivity index (χ4v) is 2.41. The maximum atomic E-state index is 12.3. The van der Waals surface area contributed by atoms with Gasteiger partial charge in [0.2, 0.25) is 5.91 Å². The molecule has 0 radical (unpaired) electrons. The topological polar surface area (TPSA) is 64.2 Å². The van der Waals surface area contributed by atoms with Crippen molar-refractivity contribution in [2.75, 3.05) is 13.6 Å². The van der Waals surface area contributed by atoms with Gasteiger partial charge in [-0.2, -0.15) is 5.10 Å². The highest BCUT2D eigenvalue weighted by atomic mass is 16.2. The lowest BCUT2D eigenvalue weighted by Crippen LogP contribution is -2.50. The van der Waals surface area contributed by atoms with E-state index in [0.29, 0.717) is 13.1 Å². The molecule has 0 unspecified atom stereocenters. The molecule has 0 spiro atoms.